The fraction of sp³-hybridized carbons (Fsp3) is 0.350. The first-order chi connectivity index (χ1) is 13.6. The van der Waals surface area contributed by atoms with Gasteiger partial charge in [0.2, 0.25) is 11.9 Å². The Hall–Kier alpha value is -2.64. The number of amides is 1. The first-order valence-electron chi connectivity index (χ1n) is 9.24. The van der Waals surface area contributed by atoms with Gasteiger partial charge in [0.25, 0.3) is 0 Å². The second kappa shape index (κ2) is 10.1. The van der Waals surface area contributed by atoms with Crippen molar-refractivity contribution in [1.82, 2.24) is 15.3 Å². The van der Waals surface area contributed by atoms with Crippen LogP contribution < -0.4 is 15.5 Å². The Morgan fingerprint density at radius 1 is 1.21 bits per heavy atom. The Morgan fingerprint density at radius 3 is 2.71 bits per heavy atom. The highest BCUT2D eigenvalue weighted by Gasteiger charge is 2.14. The second-order valence-corrected chi connectivity index (χ2v) is 6.83. The molecule has 7 nitrogen and oxygen atoms in total. The molecule has 0 atom stereocenters. The molecule has 2 N–H and O–H groups in total. The number of nitrogens with one attached hydrogen (secondary N) is 2. The highest BCUT2D eigenvalue weighted by atomic mass is 35.5. The minimum atomic E-state index is -0.157. The predicted octanol–water partition coefficient (Wildman–Crippen LogP) is 2.52. The van der Waals surface area contributed by atoms with Crippen molar-refractivity contribution in [3.8, 4) is 0 Å². The zero-order valence-electron chi connectivity index (χ0n) is 15.8. The van der Waals surface area contributed by atoms with Crippen molar-refractivity contribution in [2.45, 2.75) is 6.92 Å². The highest BCUT2D eigenvalue weighted by molar-refractivity contribution is 6.30. The number of aromatic nitrogens is 2. The Bertz CT molecular complexity index is 820. The van der Waals surface area contributed by atoms with Crippen LogP contribution in [0.1, 0.15) is 11.3 Å². The summed E-state index contributed by atoms with van der Waals surface area (Å²) in [5.41, 5.74) is 1.82. The van der Waals surface area contributed by atoms with Gasteiger partial charge in [0.15, 0.2) is 0 Å². The van der Waals surface area contributed by atoms with Gasteiger partial charge in [-0.15, -0.1) is 0 Å². The third-order valence-corrected chi connectivity index (χ3v) is 4.43. The van der Waals surface area contributed by atoms with E-state index in [1.54, 1.807) is 18.2 Å². The van der Waals surface area contributed by atoms with E-state index in [9.17, 15) is 4.79 Å². The number of ether oxygens (including phenoxy) is 1. The number of anilines is 2. The molecule has 1 aromatic carbocycles. The molecular weight excluding hydrogens is 378 g/mol. The Morgan fingerprint density at radius 2 is 1.96 bits per heavy atom. The monoisotopic (exact) mass is 401 g/mol. The number of hydrogen-bond acceptors (Lipinski definition) is 6. The molecule has 8 heteroatoms. The fourth-order valence-corrected chi connectivity index (χ4v) is 2.88. The quantitative estimate of drug-likeness (QED) is 0.548. The number of nitrogens with zero attached hydrogens (tertiary/aromatic N) is 3. The largest absolute Gasteiger partial charge is 0.378 e. The van der Waals surface area contributed by atoms with Crippen LogP contribution in [0.5, 0.6) is 0 Å². The van der Waals surface area contributed by atoms with E-state index in [-0.39, 0.29) is 5.91 Å². The van der Waals surface area contributed by atoms with Crippen molar-refractivity contribution in [2.75, 3.05) is 49.6 Å². The van der Waals surface area contributed by atoms with E-state index in [0.29, 0.717) is 37.3 Å². The predicted molar refractivity (Wildman–Crippen MR) is 112 cm³/mol. The number of aryl methyl sites for hydroxylation is 1. The van der Waals surface area contributed by atoms with Crippen LogP contribution in [0.3, 0.4) is 0 Å². The molecule has 0 radical (unpaired) electrons. The normalized spacial score (nSPS) is 14.3. The number of carbonyl (C=O) groups is 1. The van der Waals surface area contributed by atoms with Crippen molar-refractivity contribution >= 4 is 35.4 Å². The second-order valence-electron chi connectivity index (χ2n) is 6.39. The van der Waals surface area contributed by atoms with E-state index in [1.165, 1.54) is 6.08 Å². The molecule has 1 amide bonds. The molecule has 0 saturated carbocycles. The van der Waals surface area contributed by atoms with Crippen molar-refractivity contribution in [3.63, 3.8) is 0 Å². The number of hydrogen-bond donors (Lipinski definition) is 2. The topological polar surface area (TPSA) is 79.4 Å². The summed E-state index contributed by atoms with van der Waals surface area (Å²) in [6.45, 7) is 6.02. The van der Waals surface area contributed by atoms with Crippen molar-refractivity contribution < 1.29 is 9.53 Å². The molecule has 0 unspecified atom stereocenters. The summed E-state index contributed by atoms with van der Waals surface area (Å²) < 4.78 is 5.38. The maximum atomic E-state index is 11.9. The summed E-state index contributed by atoms with van der Waals surface area (Å²) >= 11 is 5.84. The molecule has 1 aliphatic heterocycles. The van der Waals surface area contributed by atoms with Crippen LogP contribution in [0.2, 0.25) is 5.02 Å². The van der Waals surface area contributed by atoms with Crippen LogP contribution >= 0.6 is 11.6 Å². The van der Waals surface area contributed by atoms with Crippen molar-refractivity contribution in [2.24, 2.45) is 0 Å². The summed E-state index contributed by atoms with van der Waals surface area (Å²) in [7, 11) is 0. The van der Waals surface area contributed by atoms with E-state index in [0.717, 1.165) is 30.2 Å². The van der Waals surface area contributed by atoms with E-state index in [1.807, 2.05) is 25.1 Å². The van der Waals surface area contributed by atoms with E-state index in [2.05, 4.69) is 25.5 Å². The lowest BCUT2D eigenvalue weighted by atomic mass is 10.2. The Balaban J connectivity index is 1.45. The van der Waals surface area contributed by atoms with Crippen LogP contribution in [0.4, 0.5) is 11.8 Å². The molecule has 28 heavy (non-hydrogen) atoms. The van der Waals surface area contributed by atoms with Gasteiger partial charge in [-0.2, -0.15) is 4.98 Å². The standard InChI is InChI=1S/C20H24ClN5O2/c1-15-14-18(26-10-12-28-13-11-26)25-20(24-15)23-9-8-22-19(27)7-4-16-2-5-17(21)6-3-16/h2-7,14H,8-13H2,1H3,(H,22,27)(H,23,24,25)/b7-4+. The fourth-order valence-electron chi connectivity index (χ4n) is 2.75. The van der Waals surface area contributed by atoms with Crippen LogP contribution in [-0.2, 0) is 9.53 Å². The molecule has 1 fully saturated rings. The van der Waals surface area contributed by atoms with Gasteiger partial charge in [0.05, 0.1) is 13.2 Å². The molecule has 0 spiro atoms. The van der Waals surface area contributed by atoms with E-state index < -0.39 is 0 Å². The van der Waals surface area contributed by atoms with Crippen LogP contribution in [0, 0.1) is 6.92 Å². The third kappa shape index (κ3) is 6.21. The van der Waals surface area contributed by atoms with Crippen molar-refractivity contribution in [1.29, 1.82) is 0 Å². The van der Waals surface area contributed by atoms with Crippen LogP contribution in [-0.4, -0.2) is 55.3 Å². The first-order valence-corrected chi connectivity index (χ1v) is 9.62. The van der Waals surface area contributed by atoms with Gasteiger partial charge in [-0.05, 0) is 30.7 Å². The molecule has 1 aliphatic rings. The van der Waals surface area contributed by atoms with Gasteiger partial charge in [-0.25, -0.2) is 4.98 Å². The number of morpholine rings is 1. The van der Waals surface area contributed by atoms with Gasteiger partial charge in [0, 0.05) is 49.0 Å². The Labute approximate surface area is 169 Å². The molecule has 2 aromatic rings. The lowest BCUT2D eigenvalue weighted by Crippen LogP contribution is -2.37. The minimum Gasteiger partial charge on any atom is -0.378 e. The lowest BCUT2D eigenvalue weighted by molar-refractivity contribution is -0.116. The zero-order chi connectivity index (χ0) is 19.8. The third-order valence-electron chi connectivity index (χ3n) is 4.18. The Kier molecular flexibility index (Phi) is 7.22. The molecule has 148 valence electrons. The maximum absolute atomic E-state index is 11.9. The smallest absolute Gasteiger partial charge is 0.244 e. The van der Waals surface area contributed by atoms with Gasteiger partial charge < -0.3 is 20.3 Å². The maximum Gasteiger partial charge on any atom is 0.244 e. The van der Waals surface area contributed by atoms with E-state index in [4.69, 9.17) is 16.3 Å². The SMILES string of the molecule is Cc1cc(N2CCOCC2)nc(NCCNC(=O)/C=C/c2ccc(Cl)cc2)n1. The average Bonchev–Trinajstić information content (AvgIpc) is 2.71. The van der Waals surface area contributed by atoms with Gasteiger partial charge in [0.1, 0.15) is 5.82 Å². The molecule has 1 aromatic heterocycles. The summed E-state index contributed by atoms with van der Waals surface area (Å²) in [6, 6.07) is 9.26. The first kappa shape index (κ1) is 20.1. The van der Waals surface area contributed by atoms with Gasteiger partial charge >= 0.3 is 0 Å². The van der Waals surface area contributed by atoms with Gasteiger partial charge in [-0.1, -0.05) is 23.7 Å². The molecule has 2 heterocycles. The summed E-state index contributed by atoms with van der Waals surface area (Å²) in [5.74, 6) is 1.30. The minimum absolute atomic E-state index is 0.157. The average molecular weight is 402 g/mol. The number of rotatable bonds is 7. The number of carbonyl (C=O) groups excluding carboxylic acids is 1. The number of benzene rings is 1. The van der Waals surface area contributed by atoms with Crippen LogP contribution in [0.15, 0.2) is 36.4 Å². The summed E-state index contributed by atoms with van der Waals surface area (Å²) in [5, 5.41) is 6.67. The molecule has 3 rings (SSSR count). The van der Waals surface area contributed by atoms with Crippen LogP contribution in [0.25, 0.3) is 6.08 Å². The summed E-state index contributed by atoms with van der Waals surface area (Å²) in [4.78, 5) is 23.1. The molecular formula is C20H24ClN5O2. The van der Waals surface area contributed by atoms with E-state index >= 15 is 0 Å². The lowest BCUT2D eigenvalue weighted by Gasteiger charge is -2.28. The highest BCUT2D eigenvalue weighted by Crippen LogP contribution is 2.16. The molecule has 1 saturated heterocycles. The number of halogens is 1. The van der Waals surface area contributed by atoms with Crippen molar-refractivity contribution in [3.05, 3.63) is 52.7 Å². The molecule has 0 bridgehead atoms. The summed E-state index contributed by atoms with van der Waals surface area (Å²) in [6.07, 6.45) is 3.25. The molecule has 0 aliphatic carbocycles. The zero-order valence-corrected chi connectivity index (χ0v) is 16.6. The van der Waals surface area contributed by atoms with Gasteiger partial charge in [-0.3, -0.25) is 4.79 Å².